The third-order valence-corrected chi connectivity index (χ3v) is 3.06. The van der Waals surface area contributed by atoms with E-state index in [2.05, 4.69) is 13.0 Å². The van der Waals surface area contributed by atoms with Gasteiger partial charge in [-0.2, -0.15) is 0 Å². The molecule has 0 unspecified atom stereocenters. The van der Waals surface area contributed by atoms with Gasteiger partial charge < -0.3 is 15.4 Å². The Balaban J connectivity index is 2.65. The van der Waals surface area contributed by atoms with Gasteiger partial charge in [-0.1, -0.05) is 19.1 Å². The van der Waals surface area contributed by atoms with Crippen LogP contribution in [0.1, 0.15) is 18.1 Å². The van der Waals surface area contributed by atoms with Crippen molar-refractivity contribution in [3.05, 3.63) is 29.3 Å². The molecule has 0 aliphatic heterocycles. The van der Waals surface area contributed by atoms with Crippen LogP contribution in [-0.2, 0) is 17.6 Å². The van der Waals surface area contributed by atoms with Gasteiger partial charge in [-0.25, -0.2) is 0 Å². The molecule has 0 heterocycles. The lowest BCUT2D eigenvalue weighted by molar-refractivity contribution is -0.128. The Hall–Kier alpha value is -1.55. The van der Waals surface area contributed by atoms with E-state index >= 15 is 0 Å². The number of ether oxygens (including phenoxy) is 1. The van der Waals surface area contributed by atoms with Gasteiger partial charge in [-0.15, -0.1) is 0 Å². The zero-order valence-corrected chi connectivity index (χ0v) is 11.4. The van der Waals surface area contributed by atoms with Crippen LogP contribution in [0.3, 0.4) is 0 Å². The van der Waals surface area contributed by atoms with Gasteiger partial charge in [-0.05, 0) is 30.0 Å². The van der Waals surface area contributed by atoms with Crippen molar-refractivity contribution >= 4 is 5.91 Å². The van der Waals surface area contributed by atoms with Crippen LogP contribution in [0.2, 0.25) is 0 Å². The van der Waals surface area contributed by atoms with E-state index < -0.39 is 0 Å². The van der Waals surface area contributed by atoms with E-state index in [4.69, 9.17) is 10.5 Å². The van der Waals surface area contributed by atoms with Crippen molar-refractivity contribution in [3.8, 4) is 5.75 Å². The van der Waals surface area contributed by atoms with Crippen LogP contribution >= 0.6 is 0 Å². The molecule has 1 rings (SSSR count). The van der Waals surface area contributed by atoms with Crippen LogP contribution in [0.25, 0.3) is 0 Å². The van der Waals surface area contributed by atoms with E-state index in [1.807, 2.05) is 12.1 Å². The summed E-state index contributed by atoms with van der Waals surface area (Å²) in [6.07, 6.45) is 1.77. The molecule has 0 bridgehead atoms. The van der Waals surface area contributed by atoms with E-state index in [9.17, 15) is 4.79 Å². The Labute approximate surface area is 109 Å². The molecule has 0 aliphatic carbocycles. The summed E-state index contributed by atoms with van der Waals surface area (Å²) in [4.78, 5) is 13.0. The monoisotopic (exact) mass is 250 g/mol. The molecule has 0 saturated heterocycles. The average Bonchev–Trinajstić information content (AvgIpc) is 2.43. The van der Waals surface area contributed by atoms with E-state index in [1.165, 1.54) is 11.1 Å². The van der Waals surface area contributed by atoms with Crippen LogP contribution in [0.4, 0.5) is 0 Å². The van der Waals surface area contributed by atoms with Crippen molar-refractivity contribution in [2.75, 3.05) is 27.2 Å². The van der Waals surface area contributed by atoms with Crippen molar-refractivity contribution in [3.63, 3.8) is 0 Å². The number of methoxy groups -OCH3 is 1. The van der Waals surface area contributed by atoms with Gasteiger partial charge in [0.1, 0.15) is 5.75 Å². The summed E-state index contributed by atoms with van der Waals surface area (Å²) < 4.78 is 5.29. The zero-order chi connectivity index (χ0) is 13.5. The largest absolute Gasteiger partial charge is 0.496 e. The first-order chi connectivity index (χ1) is 8.62. The molecular formula is C14H22N2O2. The maximum atomic E-state index is 11.3. The Morgan fingerprint density at radius 3 is 2.72 bits per heavy atom. The van der Waals surface area contributed by atoms with Gasteiger partial charge in [0.2, 0.25) is 5.91 Å². The second-order valence-corrected chi connectivity index (χ2v) is 4.27. The van der Waals surface area contributed by atoms with Crippen molar-refractivity contribution in [1.29, 1.82) is 0 Å². The minimum atomic E-state index is -0.0285. The van der Waals surface area contributed by atoms with Crippen molar-refractivity contribution in [2.45, 2.75) is 19.8 Å². The molecule has 0 radical (unpaired) electrons. The summed E-state index contributed by atoms with van der Waals surface area (Å²) in [5.41, 5.74) is 7.73. The Kier molecular flexibility index (Phi) is 5.65. The van der Waals surface area contributed by atoms with E-state index in [0.29, 0.717) is 6.54 Å². The Morgan fingerprint density at radius 2 is 2.17 bits per heavy atom. The third-order valence-electron chi connectivity index (χ3n) is 3.06. The number of amides is 1. The number of rotatable bonds is 6. The highest BCUT2D eigenvalue weighted by atomic mass is 16.5. The number of likely N-dealkylation sites (N-methyl/N-ethyl adjacent to an activating group) is 1. The van der Waals surface area contributed by atoms with Crippen LogP contribution in [0.5, 0.6) is 5.75 Å². The summed E-state index contributed by atoms with van der Waals surface area (Å²) in [6, 6.07) is 6.16. The first-order valence-corrected chi connectivity index (χ1v) is 6.22. The molecule has 1 amide bonds. The molecular weight excluding hydrogens is 228 g/mol. The summed E-state index contributed by atoms with van der Waals surface area (Å²) >= 11 is 0. The first-order valence-electron chi connectivity index (χ1n) is 6.22. The minimum absolute atomic E-state index is 0.0285. The Morgan fingerprint density at radius 1 is 1.44 bits per heavy atom. The minimum Gasteiger partial charge on any atom is -0.496 e. The molecule has 1 aromatic carbocycles. The molecule has 0 aliphatic rings. The van der Waals surface area contributed by atoms with Gasteiger partial charge in [0, 0.05) is 13.6 Å². The number of carbonyl (C=O) groups excluding carboxylic acids is 1. The number of hydrogen-bond acceptors (Lipinski definition) is 3. The molecule has 0 aromatic heterocycles. The fourth-order valence-electron chi connectivity index (χ4n) is 1.84. The Bertz CT molecular complexity index is 405. The molecule has 100 valence electrons. The number of aryl methyl sites for hydroxylation is 1. The van der Waals surface area contributed by atoms with Gasteiger partial charge in [0.15, 0.2) is 0 Å². The van der Waals surface area contributed by atoms with Gasteiger partial charge in [0.05, 0.1) is 13.7 Å². The lowest BCUT2D eigenvalue weighted by Gasteiger charge is -2.16. The molecule has 0 atom stereocenters. The third kappa shape index (κ3) is 3.74. The second-order valence-electron chi connectivity index (χ2n) is 4.27. The van der Waals surface area contributed by atoms with E-state index in [0.717, 1.165) is 18.6 Å². The normalized spacial score (nSPS) is 10.2. The van der Waals surface area contributed by atoms with Gasteiger partial charge >= 0.3 is 0 Å². The van der Waals surface area contributed by atoms with Crippen LogP contribution in [0, 0.1) is 0 Å². The molecule has 0 saturated carbocycles. The lowest BCUT2D eigenvalue weighted by Crippen LogP contribution is -2.34. The quantitative estimate of drug-likeness (QED) is 0.826. The summed E-state index contributed by atoms with van der Waals surface area (Å²) in [5, 5.41) is 0. The van der Waals surface area contributed by atoms with E-state index in [-0.39, 0.29) is 12.5 Å². The number of nitrogens with zero attached hydrogens (tertiary/aromatic N) is 1. The molecule has 0 fully saturated rings. The first kappa shape index (κ1) is 14.5. The van der Waals surface area contributed by atoms with Crippen LogP contribution in [0.15, 0.2) is 18.2 Å². The van der Waals surface area contributed by atoms with Crippen molar-refractivity contribution in [1.82, 2.24) is 4.90 Å². The number of carbonyl (C=O) groups is 1. The molecule has 1 aromatic rings. The fourth-order valence-corrected chi connectivity index (χ4v) is 1.84. The molecule has 2 N–H and O–H groups in total. The highest BCUT2D eigenvalue weighted by Crippen LogP contribution is 2.20. The predicted octanol–water partition coefficient (Wildman–Crippen LogP) is 1.22. The highest BCUT2D eigenvalue weighted by Gasteiger charge is 2.07. The summed E-state index contributed by atoms with van der Waals surface area (Å²) in [6.45, 7) is 2.86. The summed E-state index contributed by atoms with van der Waals surface area (Å²) in [7, 11) is 3.46. The standard InChI is InChI=1S/C14H22N2O2/c1-4-12-9-11(5-6-13(12)18-3)7-8-16(2)14(17)10-15/h5-6,9H,4,7-8,10,15H2,1-3H3. The molecule has 0 spiro atoms. The number of benzene rings is 1. The SMILES string of the molecule is CCc1cc(CCN(C)C(=O)CN)ccc1OC. The maximum Gasteiger partial charge on any atom is 0.236 e. The topological polar surface area (TPSA) is 55.6 Å². The number of nitrogens with two attached hydrogens (primary N) is 1. The average molecular weight is 250 g/mol. The molecule has 4 nitrogen and oxygen atoms in total. The van der Waals surface area contributed by atoms with E-state index in [1.54, 1.807) is 19.1 Å². The molecule has 18 heavy (non-hydrogen) atoms. The number of hydrogen-bond donors (Lipinski definition) is 1. The van der Waals surface area contributed by atoms with Crippen LogP contribution < -0.4 is 10.5 Å². The summed E-state index contributed by atoms with van der Waals surface area (Å²) in [5.74, 6) is 0.895. The predicted molar refractivity (Wildman–Crippen MR) is 72.8 cm³/mol. The fraction of sp³-hybridized carbons (Fsp3) is 0.500. The lowest BCUT2D eigenvalue weighted by atomic mass is 10.1. The second kappa shape index (κ2) is 7.01. The van der Waals surface area contributed by atoms with Crippen molar-refractivity contribution in [2.24, 2.45) is 5.73 Å². The van der Waals surface area contributed by atoms with Gasteiger partial charge in [0.25, 0.3) is 0 Å². The molecule has 4 heteroatoms. The smallest absolute Gasteiger partial charge is 0.236 e. The van der Waals surface area contributed by atoms with Crippen LogP contribution in [-0.4, -0.2) is 38.1 Å². The zero-order valence-electron chi connectivity index (χ0n) is 11.4. The van der Waals surface area contributed by atoms with Crippen molar-refractivity contribution < 1.29 is 9.53 Å². The highest BCUT2D eigenvalue weighted by molar-refractivity contribution is 5.77. The maximum absolute atomic E-state index is 11.3. The van der Waals surface area contributed by atoms with Gasteiger partial charge in [-0.3, -0.25) is 4.79 Å².